The van der Waals surface area contributed by atoms with Crippen LogP contribution < -0.4 is 20.1 Å². The maximum Gasteiger partial charge on any atom is 0.222 e. The lowest BCUT2D eigenvalue weighted by Crippen LogP contribution is -2.37. The molecule has 1 atom stereocenters. The van der Waals surface area contributed by atoms with Crippen molar-refractivity contribution in [1.82, 2.24) is 19.9 Å². The summed E-state index contributed by atoms with van der Waals surface area (Å²) < 4.78 is 13.5. The van der Waals surface area contributed by atoms with Gasteiger partial charge in [0.2, 0.25) is 5.88 Å². The minimum absolute atomic E-state index is 0.147. The lowest BCUT2D eigenvalue weighted by molar-refractivity contribution is 0.159. The summed E-state index contributed by atoms with van der Waals surface area (Å²) in [5.74, 6) is 2.37. The van der Waals surface area contributed by atoms with E-state index in [0.717, 1.165) is 54.4 Å². The first-order valence-corrected chi connectivity index (χ1v) is 9.46. The number of fused-ring (bicyclic) bond motifs is 1. The number of hydrogen-bond acceptors (Lipinski definition) is 6. The Morgan fingerprint density at radius 2 is 2.11 bits per heavy atom. The van der Waals surface area contributed by atoms with Crippen LogP contribution in [-0.4, -0.2) is 40.4 Å². The molecule has 3 aromatic rings. The fraction of sp³-hybridized carbons (Fsp3) is 0.400. The van der Waals surface area contributed by atoms with E-state index in [9.17, 15) is 0 Å². The Bertz CT molecular complexity index is 901. The molecule has 0 spiro atoms. The highest BCUT2D eigenvalue weighted by molar-refractivity contribution is 5.65. The van der Waals surface area contributed by atoms with Crippen molar-refractivity contribution in [1.29, 1.82) is 0 Å². The Balaban J connectivity index is 1.64. The minimum Gasteiger partial charge on any atom is -0.494 e. The van der Waals surface area contributed by atoms with E-state index in [1.807, 2.05) is 44.2 Å². The van der Waals surface area contributed by atoms with E-state index in [2.05, 4.69) is 20.7 Å². The molecule has 27 heavy (non-hydrogen) atoms. The van der Waals surface area contributed by atoms with Crippen molar-refractivity contribution in [2.45, 2.75) is 32.8 Å². The molecule has 0 radical (unpaired) electrons. The molecule has 3 heterocycles. The number of ether oxygens (including phenoxy) is 2. The van der Waals surface area contributed by atoms with E-state index in [-0.39, 0.29) is 6.10 Å². The summed E-state index contributed by atoms with van der Waals surface area (Å²) in [7, 11) is 0. The van der Waals surface area contributed by atoms with Crippen LogP contribution in [0.3, 0.4) is 0 Å². The number of hydrogen-bond donors (Lipinski definition) is 2. The highest BCUT2D eigenvalue weighted by Crippen LogP contribution is 2.29. The third-order valence-electron chi connectivity index (χ3n) is 4.68. The molecule has 4 rings (SSSR count). The van der Waals surface area contributed by atoms with Crippen LogP contribution in [0.5, 0.6) is 11.6 Å². The standard InChI is InChI=1S/C20H25N5O2/c1-3-26-16-8-6-15(7-9-16)23-19-14(2)20(24-18-10-12-22-25(18)19)27-17-5-4-11-21-13-17/h6-10,12,17,21,23H,3-5,11,13H2,1-2H3. The number of rotatable bonds is 6. The van der Waals surface area contributed by atoms with Crippen LogP contribution in [0.4, 0.5) is 11.5 Å². The van der Waals surface area contributed by atoms with Gasteiger partial charge in [0.1, 0.15) is 17.7 Å². The quantitative estimate of drug-likeness (QED) is 0.696. The largest absolute Gasteiger partial charge is 0.494 e. The Labute approximate surface area is 158 Å². The second-order valence-electron chi connectivity index (χ2n) is 6.66. The van der Waals surface area contributed by atoms with Crippen LogP contribution in [0.1, 0.15) is 25.3 Å². The van der Waals surface area contributed by atoms with E-state index >= 15 is 0 Å². The smallest absolute Gasteiger partial charge is 0.222 e. The monoisotopic (exact) mass is 367 g/mol. The van der Waals surface area contributed by atoms with Crippen molar-refractivity contribution in [3.8, 4) is 11.6 Å². The topological polar surface area (TPSA) is 72.7 Å². The molecule has 7 nitrogen and oxygen atoms in total. The maximum atomic E-state index is 6.22. The van der Waals surface area contributed by atoms with Crippen LogP contribution in [0.2, 0.25) is 0 Å². The molecule has 1 aliphatic heterocycles. The fourth-order valence-corrected chi connectivity index (χ4v) is 3.28. The van der Waals surface area contributed by atoms with Crippen molar-refractivity contribution < 1.29 is 9.47 Å². The molecule has 0 aliphatic carbocycles. The second-order valence-corrected chi connectivity index (χ2v) is 6.66. The van der Waals surface area contributed by atoms with E-state index < -0.39 is 0 Å². The molecular weight excluding hydrogens is 342 g/mol. The van der Waals surface area contributed by atoms with Crippen molar-refractivity contribution in [2.75, 3.05) is 25.0 Å². The van der Waals surface area contributed by atoms with Gasteiger partial charge in [-0.3, -0.25) is 0 Å². The zero-order valence-corrected chi connectivity index (χ0v) is 15.7. The summed E-state index contributed by atoms with van der Waals surface area (Å²) >= 11 is 0. The van der Waals surface area contributed by atoms with Crippen molar-refractivity contribution in [3.63, 3.8) is 0 Å². The number of nitrogens with zero attached hydrogens (tertiary/aromatic N) is 3. The third-order valence-corrected chi connectivity index (χ3v) is 4.68. The van der Waals surface area contributed by atoms with Gasteiger partial charge < -0.3 is 20.1 Å². The molecule has 0 amide bonds. The first-order valence-electron chi connectivity index (χ1n) is 9.46. The predicted octanol–water partition coefficient (Wildman–Crippen LogP) is 3.31. The number of anilines is 2. The molecule has 1 fully saturated rings. The van der Waals surface area contributed by atoms with Crippen molar-refractivity contribution in [3.05, 3.63) is 42.1 Å². The molecule has 0 saturated carbocycles. The molecule has 1 saturated heterocycles. The van der Waals surface area contributed by atoms with Gasteiger partial charge >= 0.3 is 0 Å². The summed E-state index contributed by atoms with van der Waals surface area (Å²) in [5, 5.41) is 11.2. The summed E-state index contributed by atoms with van der Waals surface area (Å²) in [5.41, 5.74) is 2.65. The number of aromatic nitrogens is 3. The third kappa shape index (κ3) is 3.83. The lowest BCUT2D eigenvalue weighted by atomic mass is 10.1. The van der Waals surface area contributed by atoms with E-state index in [0.29, 0.717) is 12.5 Å². The van der Waals surface area contributed by atoms with Crippen LogP contribution in [0.15, 0.2) is 36.5 Å². The molecule has 0 bridgehead atoms. The maximum absolute atomic E-state index is 6.22. The Morgan fingerprint density at radius 1 is 1.26 bits per heavy atom. The van der Waals surface area contributed by atoms with Crippen LogP contribution in [-0.2, 0) is 0 Å². The highest BCUT2D eigenvalue weighted by Gasteiger charge is 2.19. The van der Waals surface area contributed by atoms with Gasteiger partial charge in [-0.15, -0.1) is 0 Å². The second kappa shape index (κ2) is 7.84. The summed E-state index contributed by atoms with van der Waals surface area (Å²) in [4.78, 5) is 4.66. The summed E-state index contributed by atoms with van der Waals surface area (Å²) in [6.07, 6.45) is 4.06. The van der Waals surface area contributed by atoms with Crippen molar-refractivity contribution in [2.24, 2.45) is 0 Å². The number of piperidine rings is 1. The first-order chi connectivity index (χ1) is 13.2. The molecule has 7 heteroatoms. The SMILES string of the molecule is CCOc1ccc(Nc2c(C)c(OC3CCCNC3)nc3ccnn23)cc1. The van der Waals surface area contributed by atoms with Gasteiger partial charge in [0.15, 0.2) is 5.65 Å². The zero-order chi connectivity index (χ0) is 18.6. The summed E-state index contributed by atoms with van der Waals surface area (Å²) in [6, 6.07) is 9.77. The number of benzene rings is 1. The van der Waals surface area contributed by atoms with Crippen LogP contribution in [0, 0.1) is 6.92 Å². The molecule has 1 aliphatic rings. The van der Waals surface area contributed by atoms with Gasteiger partial charge in [0.25, 0.3) is 0 Å². The molecule has 142 valence electrons. The Morgan fingerprint density at radius 3 is 2.85 bits per heavy atom. The fourth-order valence-electron chi connectivity index (χ4n) is 3.28. The van der Waals surface area contributed by atoms with Gasteiger partial charge in [-0.1, -0.05) is 0 Å². The van der Waals surface area contributed by atoms with Crippen LogP contribution >= 0.6 is 0 Å². The molecule has 1 unspecified atom stereocenters. The van der Waals surface area contributed by atoms with Gasteiger partial charge in [-0.05, 0) is 57.5 Å². The predicted molar refractivity (Wildman–Crippen MR) is 105 cm³/mol. The normalized spacial score (nSPS) is 17.0. The molecule has 2 aromatic heterocycles. The molecule has 2 N–H and O–H groups in total. The van der Waals surface area contributed by atoms with Crippen LogP contribution in [0.25, 0.3) is 5.65 Å². The molecular formula is C20H25N5O2. The first kappa shape index (κ1) is 17.6. The molecule has 1 aromatic carbocycles. The van der Waals surface area contributed by atoms with Crippen molar-refractivity contribution >= 4 is 17.2 Å². The van der Waals surface area contributed by atoms with Gasteiger partial charge in [-0.2, -0.15) is 14.6 Å². The average molecular weight is 367 g/mol. The van der Waals surface area contributed by atoms with Gasteiger partial charge in [0, 0.05) is 18.3 Å². The van der Waals surface area contributed by atoms with Gasteiger partial charge in [0.05, 0.1) is 18.4 Å². The minimum atomic E-state index is 0.147. The zero-order valence-electron chi connectivity index (χ0n) is 15.7. The summed E-state index contributed by atoms with van der Waals surface area (Å²) in [6.45, 7) is 6.55. The lowest BCUT2D eigenvalue weighted by Gasteiger charge is -2.24. The van der Waals surface area contributed by atoms with Gasteiger partial charge in [-0.25, -0.2) is 0 Å². The van der Waals surface area contributed by atoms with E-state index in [1.54, 1.807) is 10.7 Å². The highest BCUT2D eigenvalue weighted by atomic mass is 16.5. The number of nitrogens with one attached hydrogen (secondary N) is 2. The van der Waals surface area contributed by atoms with E-state index in [4.69, 9.17) is 9.47 Å². The average Bonchev–Trinajstić information content (AvgIpc) is 3.16. The Hall–Kier alpha value is -2.80. The van der Waals surface area contributed by atoms with E-state index in [1.165, 1.54) is 0 Å². The Kier molecular flexibility index (Phi) is 5.11.